The molecule has 17 heavy (non-hydrogen) atoms. The first-order valence-corrected chi connectivity index (χ1v) is 4.93. The zero-order valence-corrected chi connectivity index (χ0v) is 8.62. The van der Waals surface area contributed by atoms with Gasteiger partial charge in [0, 0.05) is 17.8 Å². The monoisotopic (exact) mass is 246 g/mol. The minimum Gasteiger partial charge on any atom is -0.372 e. The average Bonchev–Trinajstić information content (AvgIpc) is 2.98. The third-order valence-electron chi connectivity index (χ3n) is 2.75. The molecule has 4 nitrogen and oxygen atoms in total. The molecular formula is C10H9F3N2O2. The van der Waals surface area contributed by atoms with E-state index in [1.165, 1.54) is 24.3 Å². The predicted molar refractivity (Wildman–Crippen MR) is 54.7 cm³/mol. The molecule has 1 fully saturated rings. The van der Waals surface area contributed by atoms with Crippen LogP contribution in [0.4, 0.5) is 24.5 Å². The molecule has 0 spiro atoms. The van der Waals surface area contributed by atoms with Gasteiger partial charge in [0.15, 0.2) is 0 Å². The molecule has 0 atom stereocenters. The number of nitro groups is 1. The van der Waals surface area contributed by atoms with Crippen LogP contribution in [0.1, 0.15) is 12.8 Å². The smallest absolute Gasteiger partial charge is 0.372 e. The van der Waals surface area contributed by atoms with Crippen LogP contribution in [-0.4, -0.2) is 16.6 Å². The first-order chi connectivity index (χ1) is 7.84. The van der Waals surface area contributed by atoms with Crippen molar-refractivity contribution in [2.24, 2.45) is 0 Å². The summed E-state index contributed by atoms with van der Waals surface area (Å²) in [6.45, 7) is 0. The number of nitrogens with zero attached hydrogens (tertiary/aromatic N) is 1. The Bertz CT molecular complexity index is 438. The fourth-order valence-corrected chi connectivity index (χ4v) is 1.55. The van der Waals surface area contributed by atoms with Gasteiger partial charge in [-0.1, -0.05) is 0 Å². The van der Waals surface area contributed by atoms with E-state index < -0.39 is 16.6 Å². The molecule has 0 aliphatic heterocycles. The predicted octanol–water partition coefficient (Wildman–Crippen LogP) is 3.10. The topological polar surface area (TPSA) is 55.2 Å². The third kappa shape index (κ3) is 2.17. The first-order valence-electron chi connectivity index (χ1n) is 4.93. The van der Waals surface area contributed by atoms with Crippen molar-refractivity contribution in [1.82, 2.24) is 0 Å². The number of nitro benzene ring substituents is 1. The number of halogens is 3. The van der Waals surface area contributed by atoms with Crippen LogP contribution >= 0.6 is 0 Å². The molecule has 0 unspecified atom stereocenters. The number of rotatable bonds is 3. The van der Waals surface area contributed by atoms with E-state index in [0.717, 1.165) is 0 Å². The lowest BCUT2D eigenvalue weighted by atomic mass is 10.2. The summed E-state index contributed by atoms with van der Waals surface area (Å²) in [5, 5.41) is 12.8. The van der Waals surface area contributed by atoms with Crippen molar-refractivity contribution < 1.29 is 18.1 Å². The summed E-state index contributed by atoms with van der Waals surface area (Å²) < 4.78 is 37.9. The van der Waals surface area contributed by atoms with Gasteiger partial charge in [-0.3, -0.25) is 10.1 Å². The molecule has 2 rings (SSSR count). The third-order valence-corrected chi connectivity index (χ3v) is 2.75. The SMILES string of the molecule is O=[N+]([O-])c1ccc(NC2(C(F)(F)F)CC2)cc1. The van der Waals surface area contributed by atoms with Crippen LogP contribution in [0.5, 0.6) is 0 Å². The van der Waals surface area contributed by atoms with E-state index in [1.54, 1.807) is 0 Å². The minimum absolute atomic E-state index is 0.0352. The maximum absolute atomic E-state index is 12.6. The van der Waals surface area contributed by atoms with Crippen molar-refractivity contribution in [3.8, 4) is 0 Å². The Morgan fingerprint density at radius 3 is 2.12 bits per heavy atom. The Kier molecular flexibility index (Phi) is 2.48. The lowest BCUT2D eigenvalue weighted by Gasteiger charge is -2.21. The number of anilines is 1. The second kappa shape index (κ2) is 3.61. The summed E-state index contributed by atoms with van der Waals surface area (Å²) in [6, 6.07) is 4.91. The molecule has 1 saturated carbocycles. The van der Waals surface area contributed by atoms with Crippen molar-refractivity contribution in [3.63, 3.8) is 0 Å². The molecule has 1 aliphatic rings. The Labute approximate surface area is 94.6 Å². The van der Waals surface area contributed by atoms with Crippen LogP contribution in [0.2, 0.25) is 0 Å². The maximum atomic E-state index is 12.6. The standard InChI is InChI=1S/C10H9F3N2O2/c11-10(12,13)9(5-6-9)14-7-1-3-8(4-2-7)15(16)17/h1-4,14H,5-6H2. The quantitative estimate of drug-likeness (QED) is 0.658. The van der Waals surface area contributed by atoms with Gasteiger partial charge in [-0.05, 0) is 25.0 Å². The molecule has 0 heterocycles. The minimum atomic E-state index is -4.30. The van der Waals surface area contributed by atoms with E-state index in [0.29, 0.717) is 0 Å². The highest BCUT2D eigenvalue weighted by Crippen LogP contribution is 2.51. The molecule has 92 valence electrons. The van der Waals surface area contributed by atoms with Gasteiger partial charge >= 0.3 is 6.18 Å². The van der Waals surface area contributed by atoms with E-state index in [-0.39, 0.29) is 24.2 Å². The summed E-state index contributed by atoms with van der Waals surface area (Å²) in [7, 11) is 0. The highest BCUT2D eigenvalue weighted by atomic mass is 19.4. The van der Waals surface area contributed by atoms with Gasteiger partial charge in [0.2, 0.25) is 0 Å². The molecule has 0 saturated heterocycles. The number of hydrogen-bond donors (Lipinski definition) is 1. The van der Waals surface area contributed by atoms with Crippen LogP contribution in [-0.2, 0) is 0 Å². The van der Waals surface area contributed by atoms with E-state index >= 15 is 0 Å². The highest BCUT2D eigenvalue weighted by Gasteiger charge is 2.63. The fraction of sp³-hybridized carbons (Fsp3) is 0.400. The molecule has 7 heteroatoms. The van der Waals surface area contributed by atoms with Crippen molar-refractivity contribution in [1.29, 1.82) is 0 Å². The van der Waals surface area contributed by atoms with E-state index in [1.807, 2.05) is 0 Å². The summed E-state index contributed by atoms with van der Waals surface area (Å²) in [5.74, 6) is 0. The second-order valence-corrected chi connectivity index (χ2v) is 4.01. The summed E-state index contributed by atoms with van der Waals surface area (Å²) in [6.07, 6.45) is -4.23. The first kappa shape index (κ1) is 11.7. The summed E-state index contributed by atoms with van der Waals surface area (Å²) >= 11 is 0. The van der Waals surface area contributed by atoms with Gasteiger partial charge < -0.3 is 5.32 Å². The number of benzene rings is 1. The zero-order chi connectivity index (χ0) is 12.7. The average molecular weight is 246 g/mol. The van der Waals surface area contributed by atoms with Crippen LogP contribution < -0.4 is 5.32 Å². The van der Waals surface area contributed by atoms with Crippen LogP contribution in [0.3, 0.4) is 0 Å². The second-order valence-electron chi connectivity index (χ2n) is 4.01. The number of alkyl halides is 3. The fourth-order valence-electron chi connectivity index (χ4n) is 1.55. The molecule has 1 aromatic rings. The molecule has 0 bridgehead atoms. The van der Waals surface area contributed by atoms with Gasteiger partial charge in [0.1, 0.15) is 5.54 Å². The summed E-state index contributed by atoms with van der Waals surface area (Å²) in [4.78, 5) is 9.78. The molecule has 1 aromatic carbocycles. The molecule has 0 radical (unpaired) electrons. The van der Waals surface area contributed by atoms with Crippen molar-refractivity contribution in [2.45, 2.75) is 24.6 Å². The van der Waals surface area contributed by atoms with Crippen LogP contribution in [0.25, 0.3) is 0 Å². The van der Waals surface area contributed by atoms with Gasteiger partial charge in [-0.15, -0.1) is 0 Å². The van der Waals surface area contributed by atoms with Crippen molar-refractivity contribution in [3.05, 3.63) is 34.4 Å². The van der Waals surface area contributed by atoms with Gasteiger partial charge in [0.25, 0.3) is 5.69 Å². The number of non-ortho nitro benzene ring substituents is 1. The van der Waals surface area contributed by atoms with Gasteiger partial charge in [-0.2, -0.15) is 13.2 Å². The Morgan fingerprint density at radius 1 is 1.24 bits per heavy atom. The Morgan fingerprint density at radius 2 is 1.76 bits per heavy atom. The van der Waals surface area contributed by atoms with Gasteiger partial charge in [-0.25, -0.2) is 0 Å². The molecule has 0 amide bonds. The maximum Gasteiger partial charge on any atom is 0.411 e. The Balaban J connectivity index is 2.13. The zero-order valence-electron chi connectivity index (χ0n) is 8.62. The molecular weight excluding hydrogens is 237 g/mol. The number of nitrogens with one attached hydrogen (secondary N) is 1. The Hall–Kier alpha value is -1.79. The van der Waals surface area contributed by atoms with E-state index in [4.69, 9.17) is 0 Å². The normalized spacial score (nSPS) is 17.6. The summed E-state index contributed by atoms with van der Waals surface area (Å²) in [5.41, 5.74) is -1.75. The molecule has 1 aliphatic carbocycles. The highest BCUT2D eigenvalue weighted by molar-refractivity contribution is 5.52. The molecule has 1 N–H and O–H groups in total. The van der Waals surface area contributed by atoms with E-state index in [2.05, 4.69) is 5.32 Å². The van der Waals surface area contributed by atoms with Crippen LogP contribution in [0, 0.1) is 10.1 Å². The van der Waals surface area contributed by atoms with Crippen molar-refractivity contribution in [2.75, 3.05) is 5.32 Å². The lowest BCUT2D eigenvalue weighted by molar-refractivity contribution is -0.384. The van der Waals surface area contributed by atoms with Crippen LogP contribution in [0.15, 0.2) is 24.3 Å². The molecule has 0 aromatic heterocycles. The largest absolute Gasteiger partial charge is 0.411 e. The number of hydrogen-bond acceptors (Lipinski definition) is 3. The van der Waals surface area contributed by atoms with Crippen molar-refractivity contribution >= 4 is 11.4 Å². The lowest BCUT2D eigenvalue weighted by Crippen LogP contribution is -2.38. The van der Waals surface area contributed by atoms with E-state index in [9.17, 15) is 23.3 Å². The van der Waals surface area contributed by atoms with Gasteiger partial charge in [0.05, 0.1) is 4.92 Å².